The van der Waals surface area contributed by atoms with Crippen LogP contribution in [0.5, 0.6) is 5.75 Å². The van der Waals surface area contributed by atoms with E-state index in [2.05, 4.69) is 0 Å². The molecule has 3 heteroatoms. The Kier molecular flexibility index (Phi) is 3.72. The lowest BCUT2D eigenvalue weighted by Crippen LogP contribution is -2.05. The van der Waals surface area contributed by atoms with Crippen LogP contribution in [0.1, 0.15) is 15.9 Å². The van der Waals surface area contributed by atoms with E-state index in [1.54, 1.807) is 43.5 Å². The van der Waals surface area contributed by atoms with Gasteiger partial charge >= 0.3 is 0 Å². The second kappa shape index (κ2) is 5.45. The van der Waals surface area contributed by atoms with E-state index < -0.39 is 5.82 Å². The lowest BCUT2D eigenvalue weighted by molar-refractivity contribution is 0.0989. The van der Waals surface area contributed by atoms with E-state index >= 15 is 0 Å². The number of ether oxygens (including phenoxy) is 1. The molecule has 0 unspecified atom stereocenters. The molecule has 0 heterocycles. The molecule has 2 aromatic rings. The van der Waals surface area contributed by atoms with Gasteiger partial charge in [0, 0.05) is 6.42 Å². The normalized spacial score (nSPS) is 10.1. The minimum Gasteiger partial charge on any atom is -0.497 e. The van der Waals surface area contributed by atoms with Crippen LogP contribution in [-0.2, 0) is 6.42 Å². The van der Waals surface area contributed by atoms with E-state index in [0.29, 0.717) is 0 Å². The van der Waals surface area contributed by atoms with E-state index in [0.717, 1.165) is 11.3 Å². The number of benzene rings is 2. The van der Waals surface area contributed by atoms with Crippen molar-refractivity contribution >= 4 is 5.78 Å². The Bertz CT molecular complexity index is 547. The Balaban J connectivity index is 2.14. The quantitative estimate of drug-likeness (QED) is 0.772. The topological polar surface area (TPSA) is 26.3 Å². The van der Waals surface area contributed by atoms with Gasteiger partial charge in [0.15, 0.2) is 5.78 Å². The molecule has 18 heavy (non-hydrogen) atoms. The van der Waals surface area contributed by atoms with Crippen LogP contribution < -0.4 is 4.74 Å². The summed E-state index contributed by atoms with van der Waals surface area (Å²) in [7, 11) is 1.58. The van der Waals surface area contributed by atoms with Crippen LogP contribution >= 0.6 is 0 Å². The number of carbonyl (C=O) groups excluding carboxylic acids is 1. The minimum absolute atomic E-state index is 0.133. The predicted octanol–water partition coefficient (Wildman–Crippen LogP) is 3.26. The highest BCUT2D eigenvalue weighted by atomic mass is 19.1. The number of hydrogen-bond donors (Lipinski definition) is 0. The molecular weight excluding hydrogens is 231 g/mol. The van der Waals surface area contributed by atoms with Gasteiger partial charge in [0.1, 0.15) is 11.6 Å². The van der Waals surface area contributed by atoms with Gasteiger partial charge in [-0.05, 0) is 29.8 Å². The van der Waals surface area contributed by atoms with Crippen LogP contribution in [0.15, 0.2) is 48.5 Å². The van der Waals surface area contributed by atoms with Crippen molar-refractivity contribution in [3.63, 3.8) is 0 Å². The van der Waals surface area contributed by atoms with Gasteiger partial charge in [-0.15, -0.1) is 0 Å². The van der Waals surface area contributed by atoms with Gasteiger partial charge < -0.3 is 4.74 Å². The highest BCUT2D eigenvalue weighted by molar-refractivity contribution is 5.97. The number of halogens is 1. The van der Waals surface area contributed by atoms with Crippen LogP contribution in [0.3, 0.4) is 0 Å². The number of hydrogen-bond acceptors (Lipinski definition) is 2. The van der Waals surface area contributed by atoms with Gasteiger partial charge in [-0.1, -0.05) is 24.3 Å². The second-order valence-corrected chi connectivity index (χ2v) is 3.93. The number of carbonyl (C=O) groups is 1. The summed E-state index contributed by atoms with van der Waals surface area (Å²) < 4.78 is 18.5. The van der Waals surface area contributed by atoms with Crippen molar-refractivity contribution in [1.29, 1.82) is 0 Å². The standard InChI is InChI=1S/C15H13FO2/c1-18-12-8-6-11(7-9-12)10-15(17)13-4-2-3-5-14(13)16/h2-9H,10H2,1H3. The second-order valence-electron chi connectivity index (χ2n) is 3.93. The highest BCUT2D eigenvalue weighted by Crippen LogP contribution is 2.14. The zero-order valence-electron chi connectivity index (χ0n) is 10.0. The van der Waals surface area contributed by atoms with Crippen molar-refractivity contribution in [3.05, 3.63) is 65.5 Å². The summed E-state index contributed by atoms with van der Waals surface area (Å²) in [5, 5.41) is 0. The van der Waals surface area contributed by atoms with Gasteiger partial charge in [0.05, 0.1) is 12.7 Å². The SMILES string of the molecule is COc1ccc(CC(=O)c2ccccc2F)cc1. The van der Waals surface area contributed by atoms with E-state index in [9.17, 15) is 9.18 Å². The Morgan fingerprint density at radius 2 is 1.78 bits per heavy atom. The van der Waals surface area contributed by atoms with Crippen molar-refractivity contribution in [2.45, 2.75) is 6.42 Å². The summed E-state index contributed by atoms with van der Waals surface area (Å²) in [6, 6.07) is 13.2. The van der Waals surface area contributed by atoms with Crippen LogP contribution in [-0.4, -0.2) is 12.9 Å². The van der Waals surface area contributed by atoms with Crippen LogP contribution in [0.25, 0.3) is 0 Å². The van der Waals surface area contributed by atoms with Crippen molar-refractivity contribution < 1.29 is 13.9 Å². The molecule has 0 atom stereocenters. The largest absolute Gasteiger partial charge is 0.497 e. The number of rotatable bonds is 4. The smallest absolute Gasteiger partial charge is 0.170 e. The molecule has 0 saturated carbocycles. The van der Waals surface area contributed by atoms with Gasteiger partial charge in [-0.25, -0.2) is 4.39 Å². The highest BCUT2D eigenvalue weighted by Gasteiger charge is 2.11. The molecule has 0 aliphatic rings. The molecule has 0 saturated heterocycles. The van der Waals surface area contributed by atoms with E-state index in [4.69, 9.17) is 4.74 Å². The van der Waals surface area contributed by atoms with Crippen molar-refractivity contribution in [2.75, 3.05) is 7.11 Å². The molecule has 0 aromatic heterocycles. The Hall–Kier alpha value is -2.16. The summed E-state index contributed by atoms with van der Waals surface area (Å²) in [6.45, 7) is 0. The first-order valence-corrected chi connectivity index (χ1v) is 5.61. The van der Waals surface area contributed by atoms with Gasteiger partial charge in [-0.3, -0.25) is 4.79 Å². The number of ketones is 1. The fourth-order valence-electron chi connectivity index (χ4n) is 1.71. The average Bonchev–Trinajstić information content (AvgIpc) is 2.40. The minimum atomic E-state index is -0.476. The predicted molar refractivity (Wildman–Crippen MR) is 67.4 cm³/mol. The summed E-state index contributed by atoms with van der Waals surface area (Å²) >= 11 is 0. The molecule has 2 aromatic carbocycles. The van der Waals surface area contributed by atoms with Gasteiger partial charge in [0.25, 0.3) is 0 Å². The van der Waals surface area contributed by atoms with Crippen molar-refractivity contribution in [1.82, 2.24) is 0 Å². The fourth-order valence-corrected chi connectivity index (χ4v) is 1.71. The maximum atomic E-state index is 13.4. The first-order chi connectivity index (χ1) is 8.70. The van der Waals surface area contributed by atoms with Crippen LogP contribution in [0, 0.1) is 5.82 Å². The molecule has 0 amide bonds. The third-order valence-electron chi connectivity index (χ3n) is 2.70. The molecule has 0 aliphatic carbocycles. The number of methoxy groups -OCH3 is 1. The summed E-state index contributed by atoms with van der Waals surface area (Å²) in [4.78, 5) is 11.9. The Labute approximate surface area is 105 Å². The Morgan fingerprint density at radius 1 is 1.11 bits per heavy atom. The van der Waals surface area contributed by atoms with E-state index in [1.807, 2.05) is 0 Å². The van der Waals surface area contributed by atoms with Gasteiger partial charge in [-0.2, -0.15) is 0 Å². The summed E-state index contributed by atoms with van der Waals surface area (Å²) in [5.41, 5.74) is 0.970. The van der Waals surface area contributed by atoms with Gasteiger partial charge in [0.2, 0.25) is 0 Å². The molecule has 92 valence electrons. The van der Waals surface area contributed by atoms with Crippen LogP contribution in [0.4, 0.5) is 4.39 Å². The molecule has 0 bridgehead atoms. The first kappa shape index (κ1) is 12.3. The molecule has 2 rings (SSSR count). The molecule has 0 N–H and O–H groups in total. The summed E-state index contributed by atoms with van der Waals surface area (Å²) in [6.07, 6.45) is 0.185. The third kappa shape index (κ3) is 2.74. The molecular formula is C15H13FO2. The zero-order valence-corrected chi connectivity index (χ0v) is 10.0. The van der Waals surface area contributed by atoms with Crippen molar-refractivity contribution in [3.8, 4) is 5.75 Å². The Morgan fingerprint density at radius 3 is 2.39 bits per heavy atom. The fraction of sp³-hybridized carbons (Fsp3) is 0.133. The van der Waals surface area contributed by atoms with Crippen LogP contribution in [0.2, 0.25) is 0 Å². The maximum Gasteiger partial charge on any atom is 0.170 e. The first-order valence-electron chi connectivity index (χ1n) is 5.61. The lowest BCUT2D eigenvalue weighted by atomic mass is 10.0. The zero-order chi connectivity index (χ0) is 13.0. The average molecular weight is 244 g/mol. The molecule has 0 spiro atoms. The molecule has 0 fully saturated rings. The monoisotopic (exact) mass is 244 g/mol. The lowest BCUT2D eigenvalue weighted by Gasteiger charge is -2.04. The third-order valence-corrected chi connectivity index (χ3v) is 2.70. The van der Waals surface area contributed by atoms with E-state index in [-0.39, 0.29) is 17.8 Å². The number of Topliss-reactive ketones (excluding diaryl/α,β-unsaturated/α-hetero) is 1. The summed E-state index contributed by atoms with van der Waals surface area (Å²) in [5.74, 6) is 0.0337. The molecule has 0 aliphatic heterocycles. The van der Waals surface area contributed by atoms with Crippen molar-refractivity contribution in [2.24, 2.45) is 0 Å². The van der Waals surface area contributed by atoms with E-state index in [1.165, 1.54) is 12.1 Å². The maximum absolute atomic E-state index is 13.4. The molecule has 0 radical (unpaired) electrons. The molecule has 2 nitrogen and oxygen atoms in total.